The molecule has 1 aliphatic rings. The fraction of sp³-hybridized carbons (Fsp3) is 0.846. The highest BCUT2D eigenvalue weighted by Crippen LogP contribution is 2.39. The fourth-order valence-electron chi connectivity index (χ4n) is 1.94. The Morgan fingerprint density at radius 1 is 1.67 bits per heavy atom. The van der Waals surface area contributed by atoms with Gasteiger partial charge in [0.25, 0.3) is 0 Å². The summed E-state index contributed by atoms with van der Waals surface area (Å²) in [4.78, 5) is 13.7. The van der Waals surface area contributed by atoms with E-state index < -0.39 is 5.54 Å². The maximum Gasteiger partial charge on any atom is 0.235 e. The first-order chi connectivity index (χ1) is 8.37. The predicted molar refractivity (Wildman–Crippen MR) is 68.7 cm³/mol. The van der Waals surface area contributed by atoms with Crippen molar-refractivity contribution in [2.45, 2.75) is 44.8 Å². The van der Waals surface area contributed by atoms with Gasteiger partial charge in [0.1, 0.15) is 5.54 Å². The number of carbonyl (C=O) groups is 1. The van der Waals surface area contributed by atoms with Gasteiger partial charge in [0.15, 0.2) is 0 Å². The number of hydrogen-bond acceptors (Lipinski definition) is 4. The number of amides is 1. The van der Waals surface area contributed by atoms with Crippen LogP contribution in [-0.2, 0) is 4.79 Å². The second-order valence-corrected chi connectivity index (χ2v) is 5.51. The minimum absolute atomic E-state index is 0.126. The number of hydrogen-bond donors (Lipinski definition) is 2. The Balaban J connectivity index is 2.34. The van der Waals surface area contributed by atoms with E-state index in [0.29, 0.717) is 18.9 Å². The molecule has 0 spiro atoms. The first-order valence-corrected chi connectivity index (χ1v) is 6.46. The summed E-state index contributed by atoms with van der Waals surface area (Å²) < 4.78 is 0. The molecule has 18 heavy (non-hydrogen) atoms. The van der Waals surface area contributed by atoms with Gasteiger partial charge in [-0.25, -0.2) is 0 Å². The molecule has 102 valence electrons. The van der Waals surface area contributed by atoms with Crippen LogP contribution < -0.4 is 5.32 Å². The zero-order chi connectivity index (χ0) is 13.8. The molecule has 0 radical (unpaired) electrons. The zero-order valence-corrected chi connectivity index (χ0v) is 11.4. The number of nitriles is 1. The summed E-state index contributed by atoms with van der Waals surface area (Å²) in [6, 6.07) is 2.20. The third kappa shape index (κ3) is 4.63. The lowest BCUT2D eigenvalue weighted by Gasteiger charge is -2.25. The van der Waals surface area contributed by atoms with Gasteiger partial charge in [-0.05, 0) is 46.1 Å². The molecular weight excluding hydrogens is 230 g/mol. The van der Waals surface area contributed by atoms with Gasteiger partial charge in [0, 0.05) is 6.54 Å². The van der Waals surface area contributed by atoms with Crippen molar-refractivity contribution in [3.05, 3.63) is 0 Å². The van der Waals surface area contributed by atoms with Gasteiger partial charge in [-0.15, -0.1) is 0 Å². The van der Waals surface area contributed by atoms with Crippen molar-refractivity contribution >= 4 is 5.91 Å². The van der Waals surface area contributed by atoms with Crippen molar-refractivity contribution in [1.29, 1.82) is 5.26 Å². The van der Waals surface area contributed by atoms with Gasteiger partial charge in [-0.2, -0.15) is 5.26 Å². The van der Waals surface area contributed by atoms with Crippen LogP contribution in [0.3, 0.4) is 0 Å². The first kappa shape index (κ1) is 14.9. The molecule has 2 atom stereocenters. The number of nitrogens with one attached hydrogen (secondary N) is 1. The quantitative estimate of drug-likeness (QED) is 0.692. The van der Waals surface area contributed by atoms with E-state index >= 15 is 0 Å². The van der Waals surface area contributed by atoms with Gasteiger partial charge >= 0.3 is 0 Å². The minimum Gasteiger partial charge on any atom is -0.393 e. The molecule has 0 aromatic heterocycles. The van der Waals surface area contributed by atoms with E-state index in [2.05, 4.69) is 11.4 Å². The van der Waals surface area contributed by atoms with Gasteiger partial charge in [0.2, 0.25) is 5.91 Å². The Morgan fingerprint density at radius 2 is 2.28 bits per heavy atom. The molecule has 0 aliphatic heterocycles. The Bertz CT molecular complexity index is 334. The van der Waals surface area contributed by atoms with E-state index in [0.717, 1.165) is 12.8 Å². The molecule has 5 heteroatoms. The van der Waals surface area contributed by atoms with Crippen LogP contribution in [0.1, 0.15) is 33.1 Å². The van der Waals surface area contributed by atoms with Gasteiger partial charge in [0.05, 0.1) is 18.7 Å². The normalized spacial score (nSPS) is 20.0. The van der Waals surface area contributed by atoms with E-state index in [1.54, 1.807) is 13.8 Å². The largest absolute Gasteiger partial charge is 0.393 e. The summed E-state index contributed by atoms with van der Waals surface area (Å²) in [5.41, 5.74) is -0.720. The molecule has 1 fully saturated rings. The van der Waals surface area contributed by atoms with Crippen LogP contribution >= 0.6 is 0 Å². The zero-order valence-electron chi connectivity index (χ0n) is 11.4. The Hall–Kier alpha value is -1.12. The summed E-state index contributed by atoms with van der Waals surface area (Å²) in [5, 5.41) is 21.1. The molecule has 2 unspecified atom stereocenters. The van der Waals surface area contributed by atoms with Crippen molar-refractivity contribution < 1.29 is 9.90 Å². The average molecular weight is 253 g/mol. The van der Waals surface area contributed by atoms with E-state index in [1.807, 2.05) is 11.9 Å². The van der Waals surface area contributed by atoms with E-state index in [-0.39, 0.29) is 18.6 Å². The van der Waals surface area contributed by atoms with Gasteiger partial charge in [-0.1, -0.05) is 0 Å². The maximum atomic E-state index is 11.8. The van der Waals surface area contributed by atoms with Crippen molar-refractivity contribution in [2.75, 3.05) is 20.1 Å². The number of likely N-dealkylation sites (N-methyl/N-ethyl adjacent to an activating group) is 1. The Kier molecular flexibility index (Phi) is 5.12. The minimum atomic E-state index is -0.720. The molecule has 0 heterocycles. The second-order valence-electron chi connectivity index (χ2n) is 5.51. The van der Waals surface area contributed by atoms with Gasteiger partial charge < -0.3 is 10.4 Å². The molecule has 5 nitrogen and oxygen atoms in total. The third-order valence-corrected chi connectivity index (χ3v) is 3.37. The molecule has 0 aromatic carbocycles. The lowest BCUT2D eigenvalue weighted by atomic mass is 9.98. The van der Waals surface area contributed by atoms with Crippen LogP contribution in [0.2, 0.25) is 0 Å². The van der Waals surface area contributed by atoms with Crippen LogP contribution in [0.4, 0.5) is 0 Å². The number of aliphatic hydroxyl groups is 1. The summed E-state index contributed by atoms with van der Waals surface area (Å²) >= 11 is 0. The molecule has 1 rings (SSSR count). The van der Waals surface area contributed by atoms with Crippen LogP contribution in [0.5, 0.6) is 0 Å². The van der Waals surface area contributed by atoms with Crippen LogP contribution in [0, 0.1) is 17.2 Å². The molecule has 0 aromatic rings. The summed E-state index contributed by atoms with van der Waals surface area (Å²) in [7, 11) is 1.84. The third-order valence-electron chi connectivity index (χ3n) is 3.37. The first-order valence-electron chi connectivity index (χ1n) is 6.46. The lowest BCUT2D eigenvalue weighted by Crippen LogP contribution is -2.49. The van der Waals surface area contributed by atoms with E-state index in [4.69, 9.17) is 5.26 Å². The highest BCUT2D eigenvalue weighted by Gasteiger charge is 2.42. The second kappa shape index (κ2) is 6.17. The maximum absolute atomic E-state index is 11.8. The van der Waals surface area contributed by atoms with Crippen molar-refractivity contribution in [2.24, 2.45) is 5.92 Å². The SMILES string of the molecule is CC(O)CCN(C)CC(=O)NC(C)(C#N)C1CC1. The molecule has 0 bridgehead atoms. The molecular formula is C13H23N3O2. The number of rotatable bonds is 7. The topological polar surface area (TPSA) is 76.4 Å². The number of carbonyl (C=O) groups excluding carboxylic acids is 1. The van der Waals surface area contributed by atoms with Crippen LogP contribution in [0.15, 0.2) is 0 Å². The van der Waals surface area contributed by atoms with Gasteiger partial charge in [-0.3, -0.25) is 9.69 Å². The smallest absolute Gasteiger partial charge is 0.235 e. The van der Waals surface area contributed by atoms with E-state index in [1.165, 1.54) is 0 Å². The number of nitrogens with zero attached hydrogens (tertiary/aromatic N) is 2. The Labute approximate surface area is 109 Å². The Morgan fingerprint density at radius 3 is 2.72 bits per heavy atom. The standard InChI is InChI=1S/C13H23N3O2/c1-10(17)6-7-16(3)8-12(18)15-13(2,9-14)11-4-5-11/h10-11,17H,4-8H2,1-3H3,(H,15,18). The number of aliphatic hydroxyl groups excluding tert-OH is 1. The summed E-state index contributed by atoms with van der Waals surface area (Å²) in [6.45, 7) is 4.45. The summed E-state index contributed by atoms with van der Waals surface area (Å²) in [6.07, 6.45) is 2.32. The lowest BCUT2D eigenvalue weighted by molar-refractivity contribution is -0.123. The monoisotopic (exact) mass is 253 g/mol. The predicted octanol–water partition coefficient (Wildman–Crippen LogP) is 0.498. The molecule has 0 saturated heterocycles. The van der Waals surface area contributed by atoms with E-state index in [9.17, 15) is 9.90 Å². The highest BCUT2D eigenvalue weighted by molar-refractivity contribution is 5.79. The van der Waals surface area contributed by atoms with Crippen molar-refractivity contribution in [1.82, 2.24) is 10.2 Å². The summed E-state index contributed by atoms with van der Waals surface area (Å²) in [5.74, 6) is 0.174. The molecule has 1 amide bonds. The van der Waals surface area contributed by atoms with Crippen molar-refractivity contribution in [3.63, 3.8) is 0 Å². The highest BCUT2D eigenvalue weighted by atomic mass is 16.3. The molecule has 1 saturated carbocycles. The van der Waals surface area contributed by atoms with Crippen molar-refractivity contribution in [3.8, 4) is 6.07 Å². The fourth-order valence-corrected chi connectivity index (χ4v) is 1.94. The average Bonchev–Trinajstić information content (AvgIpc) is 3.09. The molecule has 2 N–H and O–H groups in total. The molecule has 1 aliphatic carbocycles. The van der Waals surface area contributed by atoms with Crippen LogP contribution in [-0.4, -0.2) is 47.7 Å². The van der Waals surface area contributed by atoms with Crippen LogP contribution in [0.25, 0.3) is 0 Å².